The SMILES string of the molecule is CCCCCCCCCNc1ccc(C(=O)OC(CC)C(=O)OC(CCC)C(=O)OC)cc1. The molecule has 0 saturated carbocycles. The molecule has 2 atom stereocenters. The number of unbranched alkanes of at least 4 members (excludes halogenated alkanes) is 6. The Hall–Kier alpha value is -2.57. The van der Waals surface area contributed by atoms with Crippen LogP contribution < -0.4 is 5.32 Å². The normalized spacial score (nSPS) is 12.5. The second-order valence-corrected chi connectivity index (χ2v) is 8.17. The first kappa shape index (κ1) is 28.5. The minimum atomic E-state index is -1.09. The zero-order chi connectivity index (χ0) is 24.5. The van der Waals surface area contributed by atoms with Crippen molar-refractivity contribution in [2.75, 3.05) is 19.0 Å². The Morgan fingerprint density at radius 1 is 0.788 bits per heavy atom. The van der Waals surface area contributed by atoms with Gasteiger partial charge in [-0.05, 0) is 43.5 Å². The molecular weight excluding hydrogens is 422 g/mol. The predicted molar refractivity (Wildman–Crippen MR) is 129 cm³/mol. The first-order valence-corrected chi connectivity index (χ1v) is 12.3. The lowest BCUT2D eigenvalue weighted by atomic mass is 10.1. The molecule has 2 unspecified atom stereocenters. The van der Waals surface area contributed by atoms with E-state index in [0.717, 1.165) is 18.7 Å². The third kappa shape index (κ3) is 11.2. The summed E-state index contributed by atoms with van der Waals surface area (Å²) in [6, 6.07) is 6.99. The van der Waals surface area contributed by atoms with E-state index in [1.165, 1.54) is 45.6 Å². The van der Waals surface area contributed by atoms with Crippen molar-refractivity contribution in [2.45, 2.75) is 97.2 Å². The van der Waals surface area contributed by atoms with E-state index < -0.39 is 30.1 Å². The minimum absolute atomic E-state index is 0.239. The average Bonchev–Trinajstić information content (AvgIpc) is 2.83. The van der Waals surface area contributed by atoms with Crippen molar-refractivity contribution >= 4 is 23.6 Å². The van der Waals surface area contributed by atoms with Gasteiger partial charge in [-0.25, -0.2) is 14.4 Å². The molecule has 0 saturated heterocycles. The Balaban J connectivity index is 2.49. The number of hydrogen-bond donors (Lipinski definition) is 1. The molecule has 1 N–H and O–H groups in total. The molecule has 0 aliphatic carbocycles. The van der Waals surface area contributed by atoms with Crippen molar-refractivity contribution in [1.29, 1.82) is 0 Å². The smallest absolute Gasteiger partial charge is 0.348 e. The quantitative estimate of drug-likeness (QED) is 0.181. The molecule has 186 valence electrons. The Bertz CT molecular complexity index is 703. The number of hydrogen-bond acceptors (Lipinski definition) is 7. The topological polar surface area (TPSA) is 90.9 Å². The largest absolute Gasteiger partial charge is 0.466 e. The summed E-state index contributed by atoms with van der Waals surface area (Å²) in [5.41, 5.74) is 1.28. The van der Waals surface area contributed by atoms with Crippen LogP contribution >= 0.6 is 0 Å². The van der Waals surface area contributed by atoms with Crippen molar-refractivity contribution in [3.8, 4) is 0 Å². The highest BCUT2D eigenvalue weighted by molar-refractivity contribution is 5.92. The zero-order valence-corrected chi connectivity index (χ0v) is 20.7. The Kier molecular flexibility index (Phi) is 14.6. The van der Waals surface area contributed by atoms with Gasteiger partial charge in [-0.2, -0.15) is 0 Å². The molecule has 0 bridgehead atoms. The molecular formula is C26H41NO6. The van der Waals surface area contributed by atoms with Gasteiger partial charge in [0.05, 0.1) is 12.7 Å². The van der Waals surface area contributed by atoms with Gasteiger partial charge in [0.2, 0.25) is 0 Å². The van der Waals surface area contributed by atoms with Gasteiger partial charge in [0.15, 0.2) is 12.2 Å². The Morgan fingerprint density at radius 3 is 2.00 bits per heavy atom. The van der Waals surface area contributed by atoms with Crippen LogP contribution in [0.5, 0.6) is 0 Å². The van der Waals surface area contributed by atoms with E-state index in [1.807, 2.05) is 19.1 Å². The van der Waals surface area contributed by atoms with Crippen LogP contribution in [0, 0.1) is 0 Å². The summed E-state index contributed by atoms with van der Waals surface area (Å²) in [4.78, 5) is 36.7. The van der Waals surface area contributed by atoms with Crippen LogP contribution in [0.4, 0.5) is 5.69 Å². The Labute approximate surface area is 198 Å². The van der Waals surface area contributed by atoms with Crippen LogP contribution in [0.15, 0.2) is 24.3 Å². The number of anilines is 1. The molecule has 0 fully saturated rings. The number of benzene rings is 1. The van der Waals surface area contributed by atoms with E-state index in [2.05, 4.69) is 17.0 Å². The third-order valence-corrected chi connectivity index (χ3v) is 5.39. The van der Waals surface area contributed by atoms with Gasteiger partial charge in [-0.3, -0.25) is 0 Å². The van der Waals surface area contributed by atoms with E-state index >= 15 is 0 Å². The number of rotatable bonds is 17. The van der Waals surface area contributed by atoms with E-state index in [-0.39, 0.29) is 6.42 Å². The van der Waals surface area contributed by atoms with Crippen LogP contribution in [0.3, 0.4) is 0 Å². The second-order valence-electron chi connectivity index (χ2n) is 8.17. The maximum atomic E-state index is 12.5. The van der Waals surface area contributed by atoms with Crippen LogP contribution in [-0.4, -0.2) is 43.8 Å². The lowest BCUT2D eigenvalue weighted by molar-refractivity contribution is -0.172. The summed E-state index contributed by atoms with van der Waals surface area (Å²) in [6.07, 6.45) is 7.95. The molecule has 1 aromatic rings. The van der Waals surface area contributed by atoms with Gasteiger partial charge < -0.3 is 19.5 Å². The maximum Gasteiger partial charge on any atom is 0.348 e. The summed E-state index contributed by atoms with van der Waals surface area (Å²) in [5, 5.41) is 3.36. The molecule has 7 heteroatoms. The fourth-order valence-electron chi connectivity index (χ4n) is 3.37. The number of nitrogens with one attached hydrogen (secondary N) is 1. The molecule has 1 rings (SSSR count). The van der Waals surface area contributed by atoms with E-state index in [1.54, 1.807) is 19.1 Å². The molecule has 0 amide bonds. The number of esters is 3. The first-order chi connectivity index (χ1) is 16.0. The van der Waals surface area contributed by atoms with Crippen molar-refractivity contribution in [2.24, 2.45) is 0 Å². The fourth-order valence-corrected chi connectivity index (χ4v) is 3.37. The lowest BCUT2D eigenvalue weighted by Gasteiger charge is -2.19. The highest BCUT2D eigenvalue weighted by atomic mass is 16.6. The highest BCUT2D eigenvalue weighted by Crippen LogP contribution is 2.15. The molecule has 1 aromatic carbocycles. The van der Waals surface area contributed by atoms with Crippen LogP contribution in [0.2, 0.25) is 0 Å². The zero-order valence-electron chi connectivity index (χ0n) is 20.7. The molecule has 33 heavy (non-hydrogen) atoms. The van der Waals surface area contributed by atoms with Gasteiger partial charge in [0.1, 0.15) is 0 Å². The molecule has 0 heterocycles. The molecule has 0 spiro atoms. The van der Waals surface area contributed by atoms with Gasteiger partial charge in [0, 0.05) is 12.2 Å². The summed E-state index contributed by atoms with van der Waals surface area (Å²) < 4.78 is 15.3. The minimum Gasteiger partial charge on any atom is -0.466 e. The van der Waals surface area contributed by atoms with Gasteiger partial charge >= 0.3 is 17.9 Å². The standard InChI is InChI=1S/C26H41NO6/c1-5-8-9-10-11-12-13-19-27-21-17-15-20(16-18-21)24(28)32-22(7-3)26(30)33-23(14-6-2)25(29)31-4/h15-18,22-23,27H,5-14,19H2,1-4H3. The Morgan fingerprint density at radius 2 is 1.42 bits per heavy atom. The first-order valence-electron chi connectivity index (χ1n) is 12.3. The lowest BCUT2D eigenvalue weighted by Crippen LogP contribution is -2.35. The number of ether oxygens (including phenoxy) is 3. The summed E-state index contributed by atoms with van der Waals surface area (Å²) in [5.74, 6) is -1.98. The summed E-state index contributed by atoms with van der Waals surface area (Å²) in [6.45, 7) is 6.69. The summed E-state index contributed by atoms with van der Waals surface area (Å²) >= 11 is 0. The molecule has 0 aliphatic heterocycles. The van der Waals surface area contributed by atoms with Crippen LogP contribution in [-0.2, 0) is 23.8 Å². The molecule has 0 aromatic heterocycles. The fraction of sp³-hybridized carbons (Fsp3) is 0.654. The summed E-state index contributed by atoms with van der Waals surface area (Å²) in [7, 11) is 1.24. The van der Waals surface area contributed by atoms with Crippen molar-refractivity contribution in [1.82, 2.24) is 0 Å². The van der Waals surface area contributed by atoms with Crippen molar-refractivity contribution < 1.29 is 28.6 Å². The second kappa shape index (κ2) is 17.0. The molecule has 0 aliphatic rings. The van der Waals surface area contributed by atoms with Gasteiger partial charge in [-0.1, -0.05) is 65.7 Å². The predicted octanol–water partition coefficient (Wildman–Crippen LogP) is 5.67. The number of carbonyl (C=O) groups is 3. The highest BCUT2D eigenvalue weighted by Gasteiger charge is 2.29. The molecule has 7 nitrogen and oxygen atoms in total. The van der Waals surface area contributed by atoms with Gasteiger partial charge in [0.25, 0.3) is 0 Å². The van der Waals surface area contributed by atoms with Crippen LogP contribution in [0.25, 0.3) is 0 Å². The maximum absolute atomic E-state index is 12.5. The average molecular weight is 464 g/mol. The number of methoxy groups -OCH3 is 1. The van der Waals surface area contributed by atoms with E-state index in [4.69, 9.17) is 9.47 Å². The van der Waals surface area contributed by atoms with E-state index in [0.29, 0.717) is 18.4 Å². The van der Waals surface area contributed by atoms with Gasteiger partial charge in [-0.15, -0.1) is 0 Å². The van der Waals surface area contributed by atoms with Crippen molar-refractivity contribution in [3.05, 3.63) is 29.8 Å². The van der Waals surface area contributed by atoms with Crippen LogP contribution in [0.1, 0.15) is 95.3 Å². The van der Waals surface area contributed by atoms with Crippen molar-refractivity contribution in [3.63, 3.8) is 0 Å². The van der Waals surface area contributed by atoms with E-state index in [9.17, 15) is 14.4 Å². The number of carbonyl (C=O) groups excluding carboxylic acids is 3. The third-order valence-electron chi connectivity index (χ3n) is 5.39. The monoisotopic (exact) mass is 463 g/mol. The molecule has 0 radical (unpaired) electrons.